The molecule has 3 aromatic rings. The fourth-order valence-electron chi connectivity index (χ4n) is 1.99. The van der Waals surface area contributed by atoms with Gasteiger partial charge in [-0.3, -0.25) is 9.59 Å². The average molecular weight is 347 g/mol. The molecule has 0 unspecified atom stereocenters. The fraction of sp³-hybridized carbons (Fsp3) is 0.133. The van der Waals surface area contributed by atoms with Gasteiger partial charge in [-0.1, -0.05) is 23.9 Å². The average Bonchev–Trinajstić information content (AvgIpc) is 3.02. The molecule has 23 heavy (non-hydrogen) atoms. The Morgan fingerprint density at radius 3 is 3.04 bits per heavy atom. The number of nitrogens with zero attached hydrogens (tertiary/aromatic N) is 1. The molecule has 1 aromatic carbocycles. The van der Waals surface area contributed by atoms with Gasteiger partial charge in [-0.05, 0) is 23.6 Å². The number of fused-ring (bicyclic) bond motifs is 1. The number of benzene rings is 1. The van der Waals surface area contributed by atoms with Crippen LogP contribution < -0.4 is 15.6 Å². The summed E-state index contributed by atoms with van der Waals surface area (Å²) in [6, 6.07) is 8.96. The zero-order valence-corrected chi connectivity index (χ0v) is 13.8. The largest absolute Gasteiger partial charge is 0.495 e. The highest BCUT2D eigenvalue weighted by Crippen LogP contribution is 2.24. The van der Waals surface area contributed by atoms with Gasteiger partial charge in [0, 0.05) is 0 Å². The molecular formula is C15H13N3O3S2. The number of carbonyl (C=O) groups is 1. The van der Waals surface area contributed by atoms with Crippen LogP contribution in [0.4, 0.5) is 5.69 Å². The van der Waals surface area contributed by atoms with E-state index >= 15 is 0 Å². The second kappa shape index (κ2) is 6.84. The Balaban J connectivity index is 1.67. The van der Waals surface area contributed by atoms with Gasteiger partial charge in [0.05, 0.1) is 24.1 Å². The second-order valence-corrected chi connectivity index (χ2v) is 6.42. The maximum Gasteiger partial charge on any atom is 0.269 e. The number of aromatic amines is 1. The molecule has 3 rings (SSSR count). The van der Waals surface area contributed by atoms with E-state index in [1.807, 2.05) is 17.5 Å². The van der Waals surface area contributed by atoms with Crippen molar-refractivity contribution >= 4 is 44.9 Å². The summed E-state index contributed by atoms with van der Waals surface area (Å²) in [4.78, 5) is 30.9. The highest BCUT2D eigenvalue weighted by molar-refractivity contribution is 7.99. The van der Waals surface area contributed by atoms with Crippen LogP contribution in [-0.4, -0.2) is 28.7 Å². The summed E-state index contributed by atoms with van der Waals surface area (Å²) in [5.41, 5.74) is 1.07. The van der Waals surface area contributed by atoms with Crippen molar-refractivity contribution < 1.29 is 9.53 Å². The maximum atomic E-state index is 12.0. The summed E-state index contributed by atoms with van der Waals surface area (Å²) in [5, 5.41) is 5.02. The van der Waals surface area contributed by atoms with Crippen LogP contribution >= 0.6 is 23.1 Å². The Morgan fingerprint density at radius 2 is 2.22 bits per heavy atom. The van der Waals surface area contributed by atoms with Gasteiger partial charge >= 0.3 is 0 Å². The number of thioether (sulfide) groups is 1. The monoisotopic (exact) mass is 347 g/mol. The van der Waals surface area contributed by atoms with Crippen LogP contribution in [0.1, 0.15) is 0 Å². The Morgan fingerprint density at radius 1 is 1.39 bits per heavy atom. The van der Waals surface area contributed by atoms with Crippen LogP contribution in [0.3, 0.4) is 0 Å². The van der Waals surface area contributed by atoms with Crippen LogP contribution in [0.2, 0.25) is 0 Å². The number of amides is 1. The third kappa shape index (κ3) is 3.54. The van der Waals surface area contributed by atoms with E-state index in [2.05, 4.69) is 15.3 Å². The van der Waals surface area contributed by atoms with Gasteiger partial charge in [0.1, 0.15) is 10.4 Å². The van der Waals surface area contributed by atoms with Gasteiger partial charge in [-0.15, -0.1) is 11.3 Å². The van der Waals surface area contributed by atoms with E-state index in [1.165, 1.54) is 23.1 Å². The molecule has 8 heteroatoms. The zero-order valence-electron chi connectivity index (χ0n) is 12.2. The highest BCUT2D eigenvalue weighted by Gasteiger charge is 2.10. The molecule has 1 amide bonds. The number of anilines is 1. The molecule has 0 saturated heterocycles. The Bertz CT molecular complexity index is 904. The summed E-state index contributed by atoms with van der Waals surface area (Å²) in [6.07, 6.45) is 0. The molecule has 0 saturated carbocycles. The molecule has 2 heterocycles. The third-order valence-electron chi connectivity index (χ3n) is 3.01. The van der Waals surface area contributed by atoms with Crippen LogP contribution in [0, 0.1) is 0 Å². The SMILES string of the molecule is COc1ccccc1NC(=O)CSc1nc2ccsc2c(=O)[nH]1. The van der Waals surface area contributed by atoms with E-state index in [-0.39, 0.29) is 17.2 Å². The lowest BCUT2D eigenvalue weighted by molar-refractivity contribution is -0.113. The van der Waals surface area contributed by atoms with Gasteiger partial charge < -0.3 is 15.0 Å². The summed E-state index contributed by atoms with van der Waals surface area (Å²) in [6.45, 7) is 0. The molecule has 0 aliphatic carbocycles. The summed E-state index contributed by atoms with van der Waals surface area (Å²) < 4.78 is 5.77. The number of thiophene rings is 1. The lowest BCUT2D eigenvalue weighted by Crippen LogP contribution is -2.15. The van der Waals surface area contributed by atoms with Gasteiger partial charge in [0.15, 0.2) is 5.16 Å². The minimum absolute atomic E-state index is 0.136. The predicted octanol–water partition coefficient (Wildman–Crippen LogP) is 2.72. The van der Waals surface area contributed by atoms with Gasteiger partial charge in [-0.2, -0.15) is 0 Å². The van der Waals surface area contributed by atoms with Crippen molar-refractivity contribution in [3.8, 4) is 5.75 Å². The van der Waals surface area contributed by atoms with E-state index in [1.54, 1.807) is 25.3 Å². The fourth-order valence-corrected chi connectivity index (χ4v) is 3.38. The lowest BCUT2D eigenvalue weighted by atomic mass is 10.3. The third-order valence-corrected chi connectivity index (χ3v) is 4.79. The molecule has 0 aliphatic heterocycles. The summed E-state index contributed by atoms with van der Waals surface area (Å²) in [7, 11) is 1.55. The van der Waals surface area contributed by atoms with Gasteiger partial charge in [-0.25, -0.2) is 4.98 Å². The molecule has 0 spiro atoms. The molecule has 0 radical (unpaired) electrons. The Hall–Kier alpha value is -2.32. The standard InChI is InChI=1S/C15H13N3O3S2/c1-21-11-5-3-2-4-9(11)16-12(19)8-23-15-17-10-6-7-22-13(10)14(20)18-15/h2-7H,8H2,1H3,(H,16,19)(H,17,18,20). The van der Waals surface area contributed by atoms with Crippen molar-refractivity contribution in [1.82, 2.24) is 9.97 Å². The number of nitrogens with one attached hydrogen (secondary N) is 2. The van der Waals surface area contributed by atoms with E-state index in [0.29, 0.717) is 26.8 Å². The van der Waals surface area contributed by atoms with Crippen molar-refractivity contribution in [2.75, 3.05) is 18.2 Å². The first-order valence-corrected chi connectivity index (χ1v) is 8.57. The molecule has 6 nitrogen and oxygen atoms in total. The number of rotatable bonds is 5. The number of aromatic nitrogens is 2. The minimum Gasteiger partial charge on any atom is -0.495 e. The highest BCUT2D eigenvalue weighted by atomic mass is 32.2. The number of hydrogen-bond donors (Lipinski definition) is 2. The molecule has 0 fully saturated rings. The Kier molecular flexibility index (Phi) is 4.63. The smallest absolute Gasteiger partial charge is 0.269 e. The van der Waals surface area contributed by atoms with Crippen LogP contribution in [0.15, 0.2) is 45.7 Å². The van der Waals surface area contributed by atoms with Crippen molar-refractivity contribution in [3.05, 3.63) is 46.1 Å². The Labute approximate surface area is 139 Å². The first kappa shape index (κ1) is 15.6. The molecule has 0 bridgehead atoms. The maximum absolute atomic E-state index is 12.0. The van der Waals surface area contributed by atoms with Crippen molar-refractivity contribution in [3.63, 3.8) is 0 Å². The zero-order chi connectivity index (χ0) is 16.2. The number of H-pyrrole nitrogens is 1. The predicted molar refractivity (Wildman–Crippen MR) is 92.6 cm³/mol. The quantitative estimate of drug-likeness (QED) is 0.548. The van der Waals surface area contributed by atoms with Crippen molar-refractivity contribution in [1.29, 1.82) is 0 Å². The molecule has 2 aromatic heterocycles. The molecule has 118 valence electrons. The summed E-state index contributed by atoms with van der Waals surface area (Å²) in [5.74, 6) is 0.529. The van der Waals surface area contributed by atoms with E-state index < -0.39 is 0 Å². The molecule has 2 N–H and O–H groups in total. The topological polar surface area (TPSA) is 84.1 Å². The number of para-hydroxylation sites is 2. The molecule has 0 aliphatic rings. The number of carbonyl (C=O) groups excluding carboxylic acids is 1. The van der Waals surface area contributed by atoms with Crippen LogP contribution in [-0.2, 0) is 4.79 Å². The minimum atomic E-state index is -0.201. The van der Waals surface area contributed by atoms with Crippen LogP contribution in [0.25, 0.3) is 10.2 Å². The van der Waals surface area contributed by atoms with Gasteiger partial charge in [0.25, 0.3) is 5.56 Å². The number of hydrogen-bond acceptors (Lipinski definition) is 6. The van der Waals surface area contributed by atoms with Gasteiger partial charge in [0.2, 0.25) is 5.91 Å². The summed E-state index contributed by atoms with van der Waals surface area (Å²) >= 11 is 2.52. The van der Waals surface area contributed by atoms with Crippen molar-refractivity contribution in [2.24, 2.45) is 0 Å². The second-order valence-electron chi connectivity index (χ2n) is 4.54. The van der Waals surface area contributed by atoms with Crippen LogP contribution in [0.5, 0.6) is 5.75 Å². The number of ether oxygens (including phenoxy) is 1. The molecular weight excluding hydrogens is 334 g/mol. The molecule has 0 atom stereocenters. The first-order valence-electron chi connectivity index (χ1n) is 6.70. The van der Waals surface area contributed by atoms with E-state index in [9.17, 15) is 9.59 Å². The van der Waals surface area contributed by atoms with Crippen molar-refractivity contribution in [2.45, 2.75) is 5.16 Å². The lowest BCUT2D eigenvalue weighted by Gasteiger charge is -2.09. The first-order chi connectivity index (χ1) is 11.2. The van der Waals surface area contributed by atoms with E-state index in [4.69, 9.17) is 4.74 Å². The number of methoxy groups -OCH3 is 1. The normalized spacial score (nSPS) is 10.7. The van der Waals surface area contributed by atoms with E-state index in [0.717, 1.165) is 0 Å².